The third-order valence-electron chi connectivity index (χ3n) is 4.34. The van der Waals surface area contributed by atoms with Crippen LogP contribution >= 0.6 is 11.3 Å². The van der Waals surface area contributed by atoms with E-state index < -0.39 is 4.92 Å². The van der Waals surface area contributed by atoms with E-state index in [0.29, 0.717) is 10.6 Å². The zero-order valence-corrected chi connectivity index (χ0v) is 15.9. The van der Waals surface area contributed by atoms with Gasteiger partial charge in [-0.25, -0.2) is 4.98 Å². The summed E-state index contributed by atoms with van der Waals surface area (Å²) < 4.78 is 1.87. The number of non-ortho nitro benzene ring substituents is 1. The van der Waals surface area contributed by atoms with Crippen LogP contribution in [0.4, 0.5) is 5.69 Å². The van der Waals surface area contributed by atoms with Gasteiger partial charge in [-0.15, -0.1) is 11.3 Å². The second kappa shape index (κ2) is 7.92. The Bertz CT molecular complexity index is 1230. The van der Waals surface area contributed by atoms with Crippen LogP contribution in [0.1, 0.15) is 10.7 Å². The van der Waals surface area contributed by atoms with Gasteiger partial charge in [-0.3, -0.25) is 10.1 Å². The average Bonchev–Trinajstić information content (AvgIpc) is 3.42. The minimum Gasteiger partial charge on any atom is -0.317 e. The Morgan fingerprint density at radius 1 is 1.10 bits per heavy atom. The van der Waals surface area contributed by atoms with Crippen molar-refractivity contribution in [1.29, 1.82) is 5.26 Å². The molecule has 0 amide bonds. The number of hydrogen-bond donors (Lipinski definition) is 0. The van der Waals surface area contributed by atoms with Crippen LogP contribution in [0.25, 0.3) is 28.6 Å². The molecule has 4 aromatic rings. The van der Waals surface area contributed by atoms with Gasteiger partial charge in [-0.1, -0.05) is 30.3 Å². The summed E-state index contributed by atoms with van der Waals surface area (Å²) in [5.41, 5.74) is 3.88. The summed E-state index contributed by atoms with van der Waals surface area (Å²) >= 11 is 1.42. The van der Waals surface area contributed by atoms with Gasteiger partial charge in [-0.2, -0.15) is 5.26 Å². The lowest BCUT2D eigenvalue weighted by atomic mass is 10.2. The fraction of sp³-hybridized carbons (Fsp3) is 0. The number of nitro benzene ring substituents is 1. The van der Waals surface area contributed by atoms with Crippen molar-refractivity contribution >= 4 is 28.7 Å². The largest absolute Gasteiger partial charge is 0.317 e. The minimum absolute atomic E-state index is 0.0342. The van der Waals surface area contributed by atoms with Gasteiger partial charge in [0, 0.05) is 40.7 Å². The number of hydrogen-bond acceptors (Lipinski definition) is 5. The average molecular weight is 398 g/mol. The highest BCUT2D eigenvalue weighted by Gasteiger charge is 2.11. The summed E-state index contributed by atoms with van der Waals surface area (Å²) in [6.07, 6.45) is 3.62. The predicted octanol–water partition coefficient (Wildman–Crippen LogP) is 5.57. The molecular weight excluding hydrogens is 384 g/mol. The third-order valence-corrected chi connectivity index (χ3v) is 5.21. The highest BCUT2D eigenvalue weighted by molar-refractivity contribution is 7.11. The molecule has 6 nitrogen and oxygen atoms in total. The molecule has 2 aromatic heterocycles. The topological polar surface area (TPSA) is 84.8 Å². The van der Waals surface area contributed by atoms with Crippen LogP contribution in [0.15, 0.2) is 78.3 Å². The van der Waals surface area contributed by atoms with Gasteiger partial charge in [0.15, 0.2) is 0 Å². The van der Waals surface area contributed by atoms with E-state index in [9.17, 15) is 15.4 Å². The number of rotatable bonds is 5. The molecule has 0 saturated carbocycles. The van der Waals surface area contributed by atoms with Crippen molar-refractivity contribution in [3.63, 3.8) is 0 Å². The predicted molar refractivity (Wildman–Crippen MR) is 113 cm³/mol. The highest BCUT2D eigenvalue weighted by Crippen LogP contribution is 2.28. The van der Waals surface area contributed by atoms with Gasteiger partial charge >= 0.3 is 0 Å². The van der Waals surface area contributed by atoms with Crippen molar-refractivity contribution in [1.82, 2.24) is 9.55 Å². The summed E-state index contributed by atoms with van der Waals surface area (Å²) in [6.45, 7) is 0. The molecule has 0 aliphatic carbocycles. The zero-order valence-electron chi connectivity index (χ0n) is 15.1. The van der Waals surface area contributed by atoms with Gasteiger partial charge in [0.2, 0.25) is 0 Å². The Hall–Kier alpha value is -4.02. The van der Waals surface area contributed by atoms with E-state index in [1.165, 1.54) is 23.5 Å². The van der Waals surface area contributed by atoms with Crippen LogP contribution in [0.3, 0.4) is 0 Å². The molecule has 7 heteroatoms. The van der Waals surface area contributed by atoms with E-state index >= 15 is 0 Å². The van der Waals surface area contributed by atoms with Crippen LogP contribution in [0.5, 0.6) is 0 Å². The van der Waals surface area contributed by atoms with Crippen LogP contribution < -0.4 is 0 Å². The van der Waals surface area contributed by atoms with Gasteiger partial charge in [0.25, 0.3) is 5.69 Å². The molecule has 0 fully saturated rings. The molecule has 0 aliphatic heterocycles. The smallest absolute Gasteiger partial charge is 0.269 e. The number of nitro groups is 1. The number of allylic oxidation sites excluding steroid dienone is 1. The molecule has 2 aromatic carbocycles. The molecule has 0 bridgehead atoms. The second-order valence-corrected chi connectivity index (χ2v) is 7.01. The minimum atomic E-state index is -0.430. The van der Waals surface area contributed by atoms with E-state index in [0.717, 1.165) is 22.6 Å². The Labute approximate surface area is 170 Å². The standard InChI is InChI=1S/C22H14N4O2S/c23-14-17(22-24-21(15-29-22)16-5-2-1-3-6-16)13-20-7-4-12-25(20)18-8-10-19(11-9-18)26(27)28/h1-13,15H. The molecule has 0 aliphatic rings. The Kier molecular flexibility index (Phi) is 5.01. The second-order valence-electron chi connectivity index (χ2n) is 6.15. The maximum atomic E-state index is 10.9. The molecule has 29 heavy (non-hydrogen) atoms. The molecule has 140 valence electrons. The summed E-state index contributed by atoms with van der Waals surface area (Å²) in [5, 5.41) is 23.1. The summed E-state index contributed by atoms with van der Waals surface area (Å²) in [5.74, 6) is 0. The van der Waals surface area contributed by atoms with E-state index in [-0.39, 0.29) is 5.69 Å². The lowest BCUT2D eigenvalue weighted by Crippen LogP contribution is -1.96. The van der Waals surface area contributed by atoms with Crippen molar-refractivity contribution < 1.29 is 4.92 Å². The van der Waals surface area contributed by atoms with Crippen molar-refractivity contribution in [2.45, 2.75) is 0 Å². The van der Waals surface area contributed by atoms with Crippen molar-refractivity contribution in [2.75, 3.05) is 0 Å². The van der Waals surface area contributed by atoms with Crippen LogP contribution in [0.2, 0.25) is 0 Å². The number of benzene rings is 2. The fourth-order valence-corrected chi connectivity index (χ4v) is 3.71. The molecular formula is C22H14N4O2S. The van der Waals surface area contributed by atoms with Gasteiger partial charge in [-0.05, 0) is 30.3 Å². The van der Waals surface area contributed by atoms with Crippen LogP contribution in [-0.4, -0.2) is 14.5 Å². The normalized spacial score (nSPS) is 11.2. The molecule has 4 rings (SSSR count). The zero-order chi connectivity index (χ0) is 20.2. The first-order valence-corrected chi connectivity index (χ1v) is 9.59. The Morgan fingerprint density at radius 3 is 2.55 bits per heavy atom. The van der Waals surface area contributed by atoms with Crippen molar-refractivity contribution in [2.24, 2.45) is 0 Å². The number of nitrogens with zero attached hydrogens (tertiary/aromatic N) is 4. The van der Waals surface area contributed by atoms with E-state index in [1.54, 1.807) is 18.2 Å². The van der Waals surface area contributed by atoms with E-state index in [1.807, 2.05) is 58.6 Å². The van der Waals surface area contributed by atoms with Crippen molar-refractivity contribution in [3.8, 4) is 23.0 Å². The van der Waals surface area contributed by atoms with Crippen LogP contribution in [-0.2, 0) is 0 Å². The fourth-order valence-electron chi connectivity index (χ4n) is 2.91. The van der Waals surface area contributed by atoms with Gasteiger partial charge in [0.1, 0.15) is 11.1 Å². The van der Waals surface area contributed by atoms with Crippen molar-refractivity contribution in [3.05, 3.63) is 99.1 Å². The Morgan fingerprint density at radius 2 is 1.86 bits per heavy atom. The third kappa shape index (κ3) is 3.83. The first-order valence-electron chi connectivity index (χ1n) is 8.71. The molecule has 2 heterocycles. The molecule has 0 unspecified atom stereocenters. The lowest BCUT2D eigenvalue weighted by Gasteiger charge is -2.06. The quantitative estimate of drug-likeness (QED) is 0.250. The lowest BCUT2D eigenvalue weighted by molar-refractivity contribution is -0.384. The molecule has 0 N–H and O–H groups in total. The van der Waals surface area contributed by atoms with E-state index in [2.05, 4.69) is 11.1 Å². The number of aromatic nitrogens is 2. The van der Waals surface area contributed by atoms with Crippen LogP contribution in [0, 0.1) is 21.4 Å². The summed E-state index contributed by atoms with van der Waals surface area (Å²) in [4.78, 5) is 15.0. The summed E-state index contributed by atoms with van der Waals surface area (Å²) in [6, 6.07) is 22.1. The first-order chi connectivity index (χ1) is 14.2. The molecule has 0 saturated heterocycles. The molecule has 0 spiro atoms. The van der Waals surface area contributed by atoms with Gasteiger partial charge < -0.3 is 4.57 Å². The maximum absolute atomic E-state index is 10.9. The Balaban J connectivity index is 1.67. The number of thiazole rings is 1. The SMILES string of the molecule is N#CC(=Cc1cccn1-c1ccc([N+](=O)[O-])cc1)c1nc(-c2ccccc2)cs1. The van der Waals surface area contributed by atoms with Gasteiger partial charge in [0.05, 0.1) is 16.2 Å². The molecule has 0 radical (unpaired) electrons. The maximum Gasteiger partial charge on any atom is 0.269 e. The molecule has 0 atom stereocenters. The highest BCUT2D eigenvalue weighted by atomic mass is 32.1. The monoisotopic (exact) mass is 398 g/mol. The summed E-state index contributed by atoms with van der Waals surface area (Å²) in [7, 11) is 0. The number of nitriles is 1. The first kappa shape index (κ1) is 18.3. The van der Waals surface area contributed by atoms with E-state index in [4.69, 9.17) is 0 Å².